The van der Waals surface area contributed by atoms with Crippen LogP contribution in [-0.4, -0.2) is 18.4 Å². The lowest BCUT2D eigenvalue weighted by Crippen LogP contribution is -2.37. The molecule has 0 fully saturated rings. The molecule has 3 rings (SSSR count). The summed E-state index contributed by atoms with van der Waals surface area (Å²) in [7, 11) is 0. The van der Waals surface area contributed by atoms with Crippen LogP contribution in [0.4, 0.5) is 20.2 Å². The van der Waals surface area contributed by atoms with E-state index in [2.05, 4.69) is 5.32 Å². The van der Waals surface area contributed by atoms with E-state index in [-0.39, 0.29) is 0 Å². The van der Waals surface area contributed by atoms with Gasteiger partial charge in [0.2, 0.25) is 11.8 Å². The summed E-state index contributed by atoms with van der Waals surface area (Å²) in [5.74, 6) is -2.89. The number of benzene rings is 2. The molecule has 2 aromatic rings. The lowest BCUT2D eigenvalue weighted by atomic mass is 10.0. The van der Waals surface area contributed by atoms with Crippen molar-refractivity contribution in [3.63, 3.8) is 0 Å². The van der Waals surface area contributed by atoms with Crippen LogP contribution in [0.25, 0.3) is 0 Å². The van der Waals surface area contributed by atoms with Crippen molar-refractivity contribution in [1.82, 2.24) is 0 Å². The predicted molar refractivity (Wildman–Crippen MR) is 86.7 cm³/mol. The van der Waals surface area contributed by atoms with Crippen LogP contribution in [0.3, 0.4) is 0 Å². The maximum Gasteiger partial charge on any atom is 0.236 e. The summed E-state index contributed by atoms with van der Waals surface area (Å²) in [5, 5.41) is 2.14. The number of anilines is 2. The summed E-state index contributed by atoms with van der Waals surface area (Å²) in [6, 6.07) is 10.8. The summed E-state index contributed by atoms with van der Waals surface area (Å²) < 4.78 is 27.1. The van der Waals surface area contributed by atoms with Crippen molar-refractivity contribution in [2.45, 2.75) is 19.3 Å². The number of carbonyl (C=O) groups is 2. The zero-order valence-corrected chi connectivity index (χ0v) is 12.9. The number of rotatable bonds is 3. The zero-order valence-electron chi connectivity index (χ0n) is 12.9. The summed E-state index contributed by atoms with van der Waals surface area (Å²) in [6.45, 7) is 0.525. The van der Waals surface area contributed by atoms with E-state index in [1.165, 1.54) is 6.07 Å². The number of hydrogen-bond acceptors (Lipinski definition) is 2. The molecule has 2 aromatic carbocycles. The maximum absolute atomic E-state index is 13.5. The van der Waals surface area contributed by atoms with Crippen molar-refractivity contribution in [2.75, 3.05) is 16.8 Å². The summed E-state index contributed by atoms with van der Waals surface area (Å²) in [4.78, 5) is 26.0. The second-order valence-electron chi connectivity index (χ2n) is 5.60. The highest BCUT2D eigenvalue weighted by molar-refractivity contribution is 6.09. The number of nitrogens with zero attached hydrogens (tertiary/aromatic N) is 1. The van der Waals surface area contributed by atoms with Gasteiger partial charge in [-0.05, 0) is 36.6 Å². The van der Waals surface area contributed by atoms with Crippen LogP contribution < -0.4 is 10.2 Å². The second kappa shape index (κ2) is 6.78. The van der Waals surface area contributed by atoms with Crippen LogP contribution in [0.15, 0.2) is 42.5 Å². The average molecular weight is 330 g/mol. The Balaban J connectivity index is 1.71. The SMILES string of the molecule is O=C(CC(=O)N1CCCc2ccccc21)Nc1c(F)cccc1F. The lowest BCUT2D eigenvalue weighted by molar-refractivity contribution is -0.125. The molecular weight excluding hydrogens is 314 g/mol. The number of hydrogen-bond donors (Lipinski definition) is 1. The molecule has 0 radical (unpaired) electrons. The molecule has 124 valence electrons. The molecule has 4 nitrogen and oxygen atoms in total. The highest BCUT2D eigenvalue weighted by Crippen LogP contribution is 2.27. The molecule has 1 N–H and O–H groups in total. The molecule has 1 aliphatic heterocycles. The zero-order chi connectivity index (χ0) is 17.1. The Labute approximate surface area is 138 Å². The topological polar surface area (TPSA) is 49.4 Å². The van der Waals surface area contributed by atoms with E-state index in [9.17, 15) is 18.4 Å². The number of amides is 2. The molecule has 1 heterocycles. The van der Waals surface area contributed by atoms with Crippen LogP contribution in [0.2, 0.25) is 0 Å². The van der Waals surface area contributed by atoms with Gasteiger partial charge in [-0.3, -0.25) is 9.59 Å². The molecule has 0 unspecified atom stereocenters. The quantitative estimate of drug-likeness (QED) is 0.878. The van der Waals surface area contributed by atoms with Crippen LogP contribution in [-0.2, 0) is 16.0 Å². The van der Waals surface area contributed by atoms with E-state index in [0.29, 0.717) is 6.54 Å². The normalized spacial score (nSPS) is 13.3. The van der Waals surface area contributed by atoms with E-state index >= 15 is 0 Å². The molecule has 0 saturated heterocycles. The Morgan fingerprint density at radius 3 is 2.50 bits per heavy atom. The van der Waals surface area contributed by atoms with E-state index < -0.39 is 35.6 Å². The second-order valence-corrected chi connectivity index (χ2v) is 5.60. The van der Waals surface area contributed by atoms with Crippen molar-refractivity contribution < 1.29 is 18.4 Å². The summed E-state index contributed by atoms with van der Waals surface area (Å²) in [6.07, 6.45) is 1.22. The third kappa shape index (κ3) is 3.27. The first-order chi connectivity index (χ1) is 11.6. The minimum absolute atomic E-state index is 0.392. The molecule has 0 spiro atoms. The Kier molecular flexibility index (Phi) is 4.55. The third-order valence-corrected chi connectivity index (χ3v) is 3.95. The van der Waals surface area contributed by atoms with Gasteiger partial charge in [0.05, 0.1) is 0 Å². The van der Waals surface area contributed by atoms with E-state index in [1.54, 1.807) is 4.90 Å². The molecule has 0 saturated carbocycles. The number of halogens is 2. The average Bonchev–Trinajstić information content (AvgIpc) is 2.57. The molecule has 0 aliphatic carbocycles. The van der Waals surface area contributed by atoms with Gasteiger partial charge in [-0.15, -0.1) is 0 Å². The number of para-hydroxylation sites is 2. The fourth-order valence-electron chi connectivity index (χ4n) is 2.83. The standard InChI is InChI=1S/C18H16F2N2O2/c19-13-7-3-8-14(20)18(13)21-16(23)11-17(24)22-10-4-6-12-5-1-2-9-15(12)22/h1-3,5,7-9H,4,6,10-11H2,(H,21,23). The highest BCUT2D eigenvalue weighted by Gasteiger charge is 2.24. The molecule has 0 bridgehead atoms. The molecule has 6 heteroatoms. The van der Waals surface area contributed by atoms with E-state index in [1.807, 2.05) is 24.3 Å². The third-order valence-electron chi connectivity index (χ3n) is 3.95. The van der Waals surface area contributed by atoms with Crippen LogP contribution in [0.1, 0.15) is 18.4 Å². The Morgan fingerprint density at radius 1 is 1.04 bits per heavy atom. The van der Waals surface area contributed by atoms with Crippen molar-refractivity contribution in [3.05, 3.63) is 59.7 Å². The minimum Gasteiger partial charge on any atom is -0.321 e. The monoisotopic (exact) mass is 330 g/mol. The molecule has 0 atom stereocenters. The molecule has 2 amide bonds. The largest absolute Gasteiger partial charge is 0.321 e. The first kappa shape index (κ1) is 16.1. The van der Waals surface area contributed by atoms with Crippen LogP contribution in [0.5, 0.6) is 0 Å². The fraction of sp³-hybridized carbons (Fsp3) is 0.222. The van der Waals surface area contributed by atoms with Crippen molar-refractivity contribution in [3.8, 4) is 0 Å². The van der Waals surface area contributed by atoms with Gasteiger partial charge in [-0.2, -0.15) is 0 Å². The van der Waals surface area contributed by atoms with Crippen molar-refractivity contribution >= 4 is 23.2 Å². The van der Waals surface area contributed by atoms with Gasteiger partial charge in [0.15, 0.2) is 0 Å². The van der Waals surface area contributed by atoms with Gasteiger partial charge < -0.3 is 10.2 Å². The Bertz CT molecular complexity index is 772. The Morgan fingerprint density at radius 2 is 1.75 bits per heavy atom. The van der Waals surface area contributed by atoms with Crippen LogP contribution in [0, 0.1) is 11.6 Å². The smallest absolute Gasteiger partial charge is 0.236 e. The fourth-order valence-corrected chi connectivity index (χ4v) is 2.83. The van der Waals surface area contributed by atoms with Gasteiger partial charge >= 0.3 is 0 Å². The van der Waals surface area contributed by atoms with Gasteiger partial charge in [0.1, 0.15) is 23.7 Å². The van der Waals surface area contributed by atoms with Gasteiger partial charge in [0, 0.05) is 12.2 Å². The molecule has 1 aliphatic rings. The van der Waals surface area contributed by atoms with E-state index in [4.69, 9.17) is 0 Å². The van der Waals surface area contributed by atoms with Gasteiger partial charge in [-0.25, -0.2) is 8.78 Å². The van der Waals surface area contributed by atoms with Crippen molar-refractivity contribution in [2.24, 2.45) is 0 Å². The number of carbonyl (C=O) groups excluding carboxylic acids is 2. The predicted octanol–water partition coefficient (Wildman–Crippen LogP) is 3.27. The van der Waals surface area contributed by atoms with Gasteiger partial charge in [0.25, 0.3) is 0 Å². The summed E-state index contributed by atoms with van der Waals surface area (Å²) >= 11 is 0. The summed E-state index contributed by atoms with van der Waals surface area (Å²) in [5.41, 5.74) is 1.31. The maximum atomic E-state index is 13.5. The molecule has 0 aromatic heterocycles. The van der Waals surface area contributed by atoms with Crippen LogP contribution >= 0.6 is 0 Å². The van der Waals surface area contributed by atoms with E-state index in [0.717, 1.165) is 36.2 Å². The number of fused-ring (bicyclic) bond motifs is 1. The first-order valence-electron chi connectivity index (χ1n) is 7.68. The Hall–Kier alpha value is -2.76. The number of aryl methyl sites for hydroxylation is 1. The number of nitrogens with one attached hydrogen (secondary N) is 1. The first-order valence-corrected chi connectivity index (χ1v) is 7.68. The minimum atomic E-state index is -0.876. The highest BCUT2D eigenvalue weighted by atomic mass is 19.1. The molecule has 24 heavy (non-hydrogen) atoms. The van der Waals surface area contributed by atoms with Gasteiger partial charge in [-0.1, -0.05) is 24.3 Å². The lowest BCUT2D eigenvalue weighted by Gasteiger charge is -2.29. The molecular formula is C18H16F2N2O2. The van der Waals surface area contributed by atoms with Crippen molar-refractivity contribution in [1.29, 1.82) is 0 Å².